The molecule has 0 unspecified atom stereocenters. The van der Waals surface area contributed by atoms with Gasteiger partial charge in [-0.05, 0) is 37.1 Å². The first-order valence-corrected chi connectivity index (χ1v) is 6.53. The van der Waals surface area contributed by atoms with Gasteiger partial charge in [0.2, 0.25) is 0 Å². The summed E-state index contributed by atoms with van der Waals surface area (Å²) in [7, 11) is 1.65. The smallest absolute Gasteiger partial charge is 0.322 e. The number of ether oxygens (including phenoxy) is 1. The average Bonchev–Trinajstić information content (AvgIpc) is 2.75. The van der Waals surface area contributed by atoms with Crippen molar-refractivity contribution in [3.63, 3.8) is 0 Å². The number of carbonyl (C=O) groups is 1. The molecule has 1 aliphatic carbocycles. The van der Waals surface area contributed by atoms with Crippen LogP contribution in [0.1, 0.15) is 25.7 Å². The molecule has 0 aromatic heterocycles. The average molecular weight is 246 g/mol. The lowest BCUT2D eigenvalue weighted by Crippen LogP contribution is -2.39. The fourth-order valence-corrected chi connectivity index (χ4v) is 3.02. The highest BCUT2D eigenvalue weighted by molar-refractivity contribution is 5.95. The normalized spacial score (nSPS) is 26.7. The van der Waals surface area contributed by atoms with Crippen LogP contribution in [-0.4, -0.2) is 25.2 Å². The van der Waals surface area contributed by atoms with E-state index in [-0.39, 0.29) is 6.03 Å². The molecule has 18 heavy (non-hydrogen) atoms. The quantitative estimate of drug-likeness (QED) is 0.871. The molecule has 2 atom stereocenters. The van der Waals surface area contributed by atoms with Crippen molar-refractivity contribution in [3.05, 3.63) is 24.3 Å². The Morgan fingerprint density at radius 1 is 1.22 bits per heavy atom. The largest absolute Gasteiger partial charge is 0.497 e. The van der Waals surface area contributed by atoms with Crippen LogP contribution in [0.25, 0.3) is 0 Å². The molecule has 0 spiro atoms. The van der Waals surface area contributed by atoms with Crippen molar-refractivity contribution in [2.75, 3.05) is 12.0 Å². The summed E-state index contributed by atoms with van der Waals surface area (Å²) < 4.78 is 5.15. The molecule has 1 saturated carbocycles. The molecule has 1 aromatic carbocycles. The third kappa shape index (κ3) is 1.82. The number of methoxy groups -OCH3 is 1. The van der Waals surface area contributed by atoms with Crippen LogP contribution in [0.4, 0.5) is 10.5 Å². The Labute approximate surface area is 107 Å². The second-order valence-electron chi connectivity index (χ2n) is 4.98. The molecule has 0 radical (unpaired) electrons. The van der Waals surface area contributed by atoms with Crippen molar-refractivity contribution in [1.29, 1.82) is 0 Å². The van der Waals surface area contributed by atoms with E-state index < -0.39 is 0 Å². The van der Waals surface area contributed by atoms with Crippen LogP contribution in [0.5, 0.6) is 5.75 Å². The lowest BCUT2D eigenvalue weighted by atomic mass is 9.91. The van der Waals surface area contributed by atoms with Crippen molar-refractivity contribution >= 4 is 11.7 Å². The van der Waals surface area contributed by atoms with Crippen LogP contribution in [-0.2, 0) is 0 Å². The second kappa shape index (κ2) is 4.52. The van der Waals surface area contributed by atoms with Gasteiger partial charge in [-0.25, -0.2) is 4.79 Å². The molecular weight excluding hydrogens is 228 g/mol. The van der Waals surface area contributed by atoms with Gasteiger partial charge in [-0.2, -0.15) is 0 Å². The Morgan fingerprint density at radius 3 is 2.67 bits per heavy atom. The molecule has 1 N–H and O–H groups in total. The highest BCUT2D eigenvalue weighted by atomic mass is 16.5. The number of fused-ring (bicyclic) bond motifs is 1. The molecular formula is C14H18N2O2. The van der Waals surface area contributed by atoms with Crippen molar-refractivity contribution < 1.29 is 9.53 Å². The van der Waals surface area contributed by atoms with Crippen molar-refractivity contribution in [1.82, 2.24) is 5.32 Å². The van der Waals surface area contributed by atoms with Crippen LogP contribution in [0, 0.1) is 0 Å². The van der Waals surface area contributed by atoms with E-state index in [0.29, 0.717) is 12.1 Å². The molecule has 4 nitrogen and oxygen atoms in total. The zero-order chi connectivity index (χ0) is 12.5. The number of rotatable bonds is 2. The Balaban J connectivity index is 1.87. The maximum Gasteiger partial charge on any atom is 0.322 e. The van der Waals surface area contributed by atoms with E-state index >= 15 is 0 Å². The Bertz CT molecular complexity index is 444. The number of benzene rings is 1. The highest BCUT2D eigenvalue weighted by Crippen LogP contribution is 2.32. The summed E-state index contributed by atoms with van der Waals surface area (Å²) >= 11 is 0. The first-order chi connectivity index (χ1) is 8.79. The molecule has 96 valence electrons. The minimum Gasteiger partial charge on any atom is -0.497 e. The predicted octanol–water partition coefficient (Wildman–Crippen LogP) is 2.54. The minimum absolute atomic E-state index is 0.0390. The number of amides is 2. The summed E-state index contributed by atoms with van der Waals surface area (Å²) in [5.41, 5.74) is 0.961. The predicted molar refractivity (Wildman–Crippen MR) is 70.0 cm³/mol. The molecule has 2 fully saturated rings. The lowest BCUT2D eigenvalue weighted by Gasteiger charge is -2.29. The van der Waals surface area contributed by atoms with Gasteiger partial charge < -0.3 is 10.1 Å². The van der Waals surface area contributed by atoms with Crippen molar-refractivity contribution in [2.45, 2.75) is 37.8 Å². The van der Waals surface area contributed by atoms with Crippen LogP contribution < -0.4 is 15.0 Å². The van der Waals surface area contributed by atoms with Crippen molar-refractivity contribution in [3.8, 4) is 5.75 Å². The molecule has 1 heterocycles. The van der Waals surface area contributed by atoms with E-state index in [2.05, 4.69) is 5.32 Å². The van der Waals surface area contributed by atoms with Crippen LogP contribution >= 0.6 is 0 Å². The van der Waals surface area contributed by atoms with E-state index in [1.807, 2.05) is 29.2 Å². The number of hydrogen-bond acceptors (Lipinski definition) is 2. The van der Waals surface area contributed by atoms with E-state index in [4.69, 9.17) is 4.74 Å². The van der Waals surface area contributed by atoms with E-state index in [1.54, 1.807) is 7.11 Å². The molecule has 2 aliphatic rings. The maximum atomic E-state index is 12.1. The van der Waals surface area contributed by atoms with E-state index in [1.165, 1.54) is 12.8 Å². The Kier molecular flexibility index (Phi) is 2.86. The Morgan fingerprint density at radius 2 is 1.94 bits per heavy atom. The highest BCUT2D eigenvalue weighted by Gasteiger charge is 2.41. The van der Waals surface area contributed by atoms with Gasteiger partial charge in [0.05, 0.1) is 19.2 Å². The summed E-state index contributed by atoms with van der Waals surface area (Å²) in [6.45, 7) is 0. The molecule has 2 amide bonds. The maximum absolute atomic E-state index is 12.1. The van der Waals surface area contributed by atoms with Gasteiger partial charge in [-0.1, -0.05) is 12.8 Å². The fourth-order valence-electron chi connectivity index (χ4n) is 3.02. The zero-order valence-electron chi connectivity index (χ0n) is 10.6. The molecule has 4 heteroatoms. The summed E-state index contributed by atoms with van der Waals surface area (Å²) in [5, 5.41) is 3.09. The number of nitrogens with one attached hydrogen (secondary N) is 1. The van der Waals surface area contributed by atoms with Gasteiger partial charge in [0.1, 0.15) is 5.75 Å². The number of hydrogen-bond donors (Lipinski definition) is 1. The van der Waals surface area contributed by atoms with Crippen LogP contribution in [0.2, 0.25) is 0 Å². The Hall–Kier alpha value is -1.71. The van der Waals surface area contributed by atoms with Gasteiger partial charge in [0, 0.05) is 5.69 Å². The van der Waals surface area contributed by atoms with E-state index in [0.717, 1.165) is 24.3 Å². The molecule has 1 aromatic rings. The SMILES string of the molecule is COc1ccc(N2C(=O)N[C@H]3CCCC[C@H]32)cc1. The van der Waals surface area contributed by atoms with Gasteiger partial charge >= 0.3 is 6.03 Å². The molecule has 1 aliphatic heterocycles. The third-order valence-electron chi connectivity index (χ3n) is 3.94. The van der Waals surface area contributed by atoms with Gasteiger partial charge in [0.15, 0.2) is 0 Å². The van der Waals surface area contributed by atoms with Crippen LogP contribution in [0.15, 0.2) is 24.3 Å². The summed E-state index contributed by atoms with van der Waals surface area (Å²) in [6, 6.07) is 8.40. The number of nitrogens with zero attached hydrogens (tertiary/aromatic N) is 1. The minimum atomic E-state index is 0.0390. The standard InChI is InChI=1S/C14H18N2O2/c1-18-11-8-6-10(7-9-11)16-13-5-3-2-4-12(13)15-14(16)17/h6-9,12-13H,2-5H2,1H3,(H,15,17)/t12-,13+/m0/s1. The number of carbonyl (C=O) groups excluding carboxylic acids is 1. The second-order valence-corrected chi connectivity index (χ2v) is 4.98. The zero-order valence-corrected chi connectivity index (χ0v) is 10.6. The van der Waals surface area contributed by atoms with Crippen LogP contribution in [0.3, 0.4) is 0 Å². The summed E-state index contributed by atoms with van der Waals surface area (Å²) in [5.74, 6) is 0.818. The first-order valence-electron chi connectivity index (χ1n) is 6.53. The van der Waals surface area contributed by atoms with Gasteiger partial charge in [0.25, 0.3) is 0 Å². The van der Waals surface area contributed by atoms with Gasteiger partial charge in [-0.3, -0.25) is 4.90 Å². The third-order valence-corrected chi connectivity index (χ3v) is 3.94. The molecule has 0 bridgehead atoms. The first kappa shape index (κ1) is 11.4. The summed E-state index contributed by atoms with van der Waals surface area (Å²) in [4.78, 5) is 14.0. The topological polar surface area (TPSA) is 41.6 Å². The number of urea groups is 1. The lowest BCUT2D eigenvalue weighted by molar-refractivity contribution is 0.250. The monoisotopic (exact) mass is 246 g/mol. The number of anilines is 1. The molecule has 3 rings (SSSR count). The van der Waals surface area contributed by atoms with E-state index in [9.17, 15) is 4.79 Å². The van der Waals surface area contributed by atoms with Crippen molar-refractivity contribution in [2.24, 2.45) is 0 Å². The summed E-state index contributed by atoms with van der Waals surface area (Å²) in [6.07, 6.45) is 4.62. The molecule has 1 saturated heterocycles. The fraction of sp³-hybridized carbons (Fsp3) is 0.500. The van der Waals surface area contributed by atoms with Gasteiger partial charge in [-0.15, -0.1) is 0 Å².